The Morgan fingerprint density at radius 2 is 1.85 bits per heavy atom. The van der Waals surface area contributed by atoms with Gasteiger partial charge in [-0.1, -0.05) is 12.1 Å². The molecule has 1 heterocycles. The van der Waals surface area contributed by atoms with Gasteiger partial charge in [-0.25, -0.2) is 4.98 Å². The average Bonchev–Trinajstić information content (AvgIpc) is 3.01. The standard InChI is InChI=1S/C22H29N3OS/c1-14(25(2)13-20-23-18-5-3-4-6-19(18)27-20)21(26)24-22-10-15-7-16(11-22)9-17(8-15)12-22/h3-6,14-17H,7-13H2,1-2H3,(H,24,26)/t14-,15?,16?,17?,22?/m1/s1. The average molecular weight is 384 g/mol. The number of hydrogen-bond donors (Lipinski definition) is 1. The van der Waals surface area contributed by atoms with Gasteiger partial charge in [0.15, 0.2) is 0 Å². The molecule has 4 saturated carbocycles. The molecule has 1 atom stereocenters. The summed E-state index contributed by atoms with van der Waals surface area (Å²) in [4.78, 5) is 19.9. The van der Waals surface area contributed by atoms with Gasteiger partial charge in [0, 0.05) is 5.54 Å². The lowest BCUT2D eigenvalue weighted by Gasteiger charge is -2.57. The number of carbonyl (C=O) groups excluding carboxylic acids is 1. The number of aromatic nitrogens is 1. The van der Waals surface area contributed by atoms with Crippen molar-refractivity contribution < 1.29 is 4.79 Å². The van der Waals surface area contributed by atoms with Gasteiger partial charge in [0.05, 0.1) is 22.8 Å². The van der Waals surface area contributed by atoms with Gasteiger partial charge in [0.2, 0.25) is 5.91 Å². The topological polar surface area (TPSA) is 45.2 Å². The lowest BCUT2D eigenvalue weighted by molar-refractivity contribution is -0.131. The molecule has 0 spiro atoms. The zero-order valence-corrected chi connectivity index (χ0v) is 17.1. The smallest absolute Gasteiger partial charge is 0.237 e. The summed E-state index contributed by atoms with van der Waals surface area (Å²) in [5.41, 5.74) is 1.15. The number of rotatable bonds is 5. The minimum absolute atomic E-state index is 0.0940. The van der Waals surface area contributed by atoms with Crippen LogP contribution in [0.3, 0.4) is 0 Å². The molecule has 27 heavy (non-hydrogen) atoms. The van der Waals surface area contributed by atoms with E-state index in [1.807, 2.05) is 20.0 Å². The van der Waals surface area contributed by atoms with E-state index < -0.39 is 0 Å². The number of nitrogens with one attached hydrogen (secondary N) is 1. The molecule has 0 aliphatic heterocycles. The fraction of sp³-hybridized carbons (Fsp3) is 0.636. The van der Waals surface area contributed by atoms with Crippen LogP contribution < -0.4 is 5.32 Å². The molecule has 6 rings (SSSR count). The highest BCUT2D eigenvalue weighted by Gasteiger charge is 2.51. The van der Waals surface area contributed by atoms with E-state index in [-0.39, 0.29) is 17.5 Å². The summed E-state index contributed by atoms with van der Waals surface area (Å²) in [5, 5.41) is 4.60. The predicted octanol–water partition coefficient (Wildman–Crippen LogP) is 4.20. The zero-order chi connectivity index (χ0) is 18.6. The summed E-state index contributed by atoms with van der Waals surface area (Å²) in [6.07, 6.45) is 7.84. The molecule has 144 valence electrons. The third kappa shape index (κ3) is 3.29. The van der Waals surface area contributed by atoms with E-state index in [1.165, 1.54) is 43.2 Å². The molecular weight excluding hydrogens is 354 g/mol. The second-order valence-electron chi connectivity index (χ2n) is 9.35. The van der Waals surface area contributed by atoms with Crippen molar-refractivity contribution in [3.63, 3.8) is 0 Å². The molecule has 1 N–H and O–H groups in total. The predicted molar refractivity (Wildman–Crippen MR) is 110 cm³/mol. The molecule has 4 aliphatic rings. The van der Waals surface area contributed by atoms with Crippen molar-refractivity contribution in [2.45, 2.75) is 63.6 Å². The van der Waals surface area contributed by atoms with Crippen LogP contribution in [0.25, 0.3) is 10.2 Å². The maximum Gasteiger partial charge on any atom is 0.237 e. The maximum atomic E-state index is 13.1. The number of nitrogens with zero attached hydrogens (tertiary/aromatic N) is 2. The quantitative estimate of drug-likeness (QED) is 0.841. The Morgan fingerprint density at radius 3 is 2.48 bits per heavy atom. The third-order valence-electron chi connectivity index (χ3n) is 7.19. The monoisotopic (exact) mass is 383 g/mol. The summed E-state index contributed by atoms with van der Waals surface area (Å²) in [6, 6.07) is 8.11. The van der Waals surface area contributed by atoms with Gasteiger partial charge in [-0.3, -0.25) is 9.69 Å². The molecule has 1 aromatic carbocycles. The van der Waals surface area contributed by atoms with Crippen molar-refractivity contribution in [2.24, 2.45) is 17.8 Å². The van der Waals surface area contributed by atoms with Gasteiger partial charge in [-0.05, 0) is 82.4 Å². The zero-order valence-electron chi connectivity index (χ0n) is 16.3. The summed E-state index contributed by atoms with van der Waals surface area (Å²) < 4.78 is 1.21. The highest BCUT2D eigenvalue weighted by molar-refractivity contribution is 7.18. The molecule has 0 unspecified atom stereocenters. The number of likely N-dealkylation sites (N-methyl/N-ethyl adjacent to an activating group) is 1. The summed E-state index contributed by atoms with van der Waals surface area (Å²) >= 11 is 1.73. The molecule has 2 aromatic rings. The van der Waals surface area contributed by atoms with Gasteiger partial charge in [0.1, 0.15) is 5.01 Å². The van der Waals surface area contributed by atoms with Crippen LogP contribution in [0.5, 0.6) is 0 Å². The Kier molecular flexibility index (Phi) is 4.28. The van der Waals surface area contributed by atoms with Crippen molar-refractivity contribution in [2.75, 3.05) is 7.05 Å². The number of hydrogen-bond acceptors (Lipinski definition) is 4. The lowest BCUT2D eigenvalue weighted by atomic mass is 9.53. The van der Waals surface area contributed by atoms with E-state index in [4.69, 9.17) is 4.98 Å². The Labute approximate surface area is 165 Å². The van der Waals surface area contributed by atoms with Gasteiger partial charge in [-0.2, -0.15) is 0 Å². The van der Waals surface area contributed by atoms with Gasteiger partial charge in [-0.15, -0.1) is 11.3 Å². The Hall–Kier alpha value is -1.46. The van der Waals surface area contributed by atoms with E-state index in [0.29, 0.717) is 0 Å². The minimum Gasteiger partial charge on any atom is -0.349 e. The number of benzene rings is 1. The van der Waals surface area contributed by atoms with Crippen molar-refractivity contribution in [1.29, 1.82) is 0 Å². The normalized spacial score (nSPS) is 32.9. The fourth-order valence-electron chi connectivity index (χ4n) is 6.17. The van der Waals surface area contributed by atoms with E-state index in [0.717, 1.165) is 34.8 Å². The number of fused-ring (bicyclic) bond motifs is 1. The van der Waals surface area contributed by atoms with Crippen LogP contribution in [0.15, 0.2) is 24.3 Å². The van der Waals surface area contributed by atoms with Gasteiger partial charge in [0.25, 0.3) is 0 Å². The first-order chi connectivity index (χ1) is 13.0. The van der Waals surface area contributed by atoms with Crippen LogP contribution in [0, 0.1) is 17.8 Å². The van der Waals surface area contributed by atoms with E-state index in [9.17, 15) is 4.79 Å². The molecule has 4 fully saturated rings. The molecule has 0 radical (unpaired) electrons. The van der Waals surface area contributed by atoms with Gasteiger partial charge >= 0.3 is 0 Å². The van der Waals surface area contributed by atoms with Crippen LogP contribution in [0.4, 0.5) is 0 Å². The molecule has 4 aliphatic carbocycles. The van der Waals surface area contributed by atoms with E-state index >= 15 is 0 Å². The second kappa shape index (κ2) is 6.56. The number of para-hydroxylation sites is 1. The molecule has 1 aromatic heterocycles. The van der Waals surface area contributed by atoms with Gasteiger partial charge < -0.3 is 5.32 Å². The molecule has 1 amide bonds. The van der Waals surface area contributed by atoms with E-state index in [1.54, 1.807) is 11.3 Å². The highest BCUT2D eigenvalue weighted by Crippen LogP contribution is 2.55. The fourth-order valence-corrected chi connectivity index (χ4v) is 7.20. The Balaban J connectivity index is 1.24. The maximum absolute atomic E-state index is 13.1. The highest BCUT2D eigenvalue weighted by atomic mass is 32.1. The van der Waals surface area contributed by atoms with E-state index in [2.05, 4.69) is 28.4 Å². The van der Waals surface area contributed by atoms with Crippen molar-refractivity contribution in [1.82, 2.24) is 15.2 Å². The Bertz CT molecular complexity index is 792. The molecule has 4 nitrogen and oxygen atoms in total. The second-order valence-corrected chi connectivity index (χ2v) is 10.5. The SMILES string of the molecule is C[C@H](C(=O)NC12CC3CC(CC(C3)C1)C2)N(C)Cc1nc2ccccc2s1. The minimum atomic E-state index is -0.134. The Morgan fingerprint density at radius 1 is 1.22 bits per heavy atom. The van der Waals surface area contributed by atoms with Crippen LogP contribution in [0.1, 0.15) is 50.5 Å². The number of amides is 1. The first-order valence-corrected chi connectivity index (χ1v) is 11.2. The number of carbonyl (C=O) groups is 1. The van der Waals surface area contributed by atoms with Crippen molar-refractivity contribution in [3.05, 3.63) is 29.3 Å². The first-order valence-electron chi connectivity index (χ1n) is 10.4. The van der Waals surface area contributed by atoms with Crippen LogP contribution >= 0.6 is 11.3 Å². The van der Waals surface area contributed by atoms with Crippen molar-refractivity contribution in [3.8, 4) is 0 Å². The molecule has 0 saturated heterocycles. The molecule has 4 bridgehead atoms. The summed E-state index contributed by atoms with van der Waals surface area (Å²) in [7, 11) is 2.04. The summed E-state index contributed by atoms with van der Waals surface area (Å²) in [6.45, 7) is 2.75. The first kappa shape index (κ1) is 17.6. The van der Waals surface area contributed by atoms with Crippen LogP contribution in [-0.2, 0) is 11.3 Å². The third-order valence-corrected chi connectivity index (χ3v) is 8.21. The largest absolute Gasteiger partial charge is 0.349 e. The molecular formula is C22H29N3OS. The lowest BCUT2D eigenvalue weighted by Crippen LogP contribution is -2.62. The van der Waals surface area contributed by atoms with Crippen LogP contribution in [0.2, 0.25) is 0 Å². The van der Waals surface area contributed by atoms with Crippen molar-refractivity contribution >= 4 is 27.5 Å². The molecule has 5 heteroatoms. The van der Waals surface area contributed by atoms with Crippen LogP contribution in [-0.4, -0.2) is 34.4 Å². The summed E-state index contributed by atoms with van der Waals surface area (Å²) in [5.74, 6) is 2.76. The number of thiazole rings is 1.